The van der Waals surface area contributed by atoms with Crippen molar-refractivity contribution in [3.8, 4) is 0 Å². The van der Waals surface area contributed by atoms with Crippen molar-refractivity contribution in [2.24, 2.45) is 0 Å². The molecule has 1 aliphatic heterocycles. The van der Waals surface area contributed by atoms with Gasteiger partial charge in [-0.1, -0.05) is 0 Å². The molecule has 0 aliphatic carbocycles. The van der Waals surface area contributed by atoms with Crippen LogP contribution in [0.2, 0.25) is 0 Å². The van der Waals surface area contributed by atoms with Crippen molar-refractivity contribution in [3.63, 3.8) is 0 Å². The Morgan fingerprint density at radius 1 is 1.47 bits per heavy atom. The van der Waals surface area contributed by atoms with E-state index >= 15 is 0 Å². The number of aromatic nitrogens is 1. The lowest BCUT2D eigenvalue weighted by molar-refractivity contribution is -0.163. The Morgan fingerprint density at radius 3 is 2.84 bits per heavy atom. The molecule has 5 heteroatoms. The molecule has 0 radical (unpaired) electrons. The molecule has 2 atom stereocenters. The molecular weight excluding hydrogens is 244 g/mol. The molecule has 1 N–H and O–H groups in total. The number of hydrogen-bond donors (Lipinski definition) is 1. The minimum atomic E-state index is -0.898. The summed E-state index contributed by atoms with van der Waals surface area (Å²) in [6.45, 7) is 7.72. The van der Waals surface area contributed by atoms with Gasteiger partial charge in [-0.25, -0.2) is 4.79 Å². The topological polar surface area (TPSA) is 62.7 Å². The van der Waals surface area contributed by atoms with Gasteiger partial charge in [-0.15, -0.1) is 0 Å². The second-order valence-electron chi connectivity index (χ2n) is 5.24. The molecular formula is C14H20N2O3. The summed E-state index contributed by atoms with van der Waals surface area (Å²) < 4.78 is 5.40. The van der Waals surface area contributed by atoms with Gasteiger partial charge in [0.05, 0.1) is 11.8 Å². The van der Waals surface area contributed by atoms with Crippen LogP contribution in [0.4, 0.5) is 0 Å². The molecule has 0 bridgehead atoms. The van der Waals surface area contributed by atoms with Crippen LogP contribution in [0.25, 0.3) is 0 Å². The number of morpholine rings is 1. The Kier molecular flexibility index (Phi) is 4.17. The molecule has 0 spiro atoms. The lowest BCUT2D eigenvalue weighted by atomic mass is 10.1. The molecule has 0 amide bonds. The first-order valence-corrected chi connectivity index (χ1v) is 6.49. The van der Waals surface area contributed by atoms with Gasteiger partial charge in [0.1, 0.15) is 0 Å². The van der Waals surface area contributed by atoms with E-state index in [1.54, 1.807) is 0 Å². The average molecular weight is 264 g/mol. The van der Waals surface area contributed by atoms with Crippen molar-refractivity contribution in [2.45, 2.75) is 39.5 Å². The monoisotopic (exact) mass is 264 g/mol. The van der Waals surface area contributed by atoms with Gasteiger partial charge in [-0.3, -0.25) is 9.88 Å². The van der Waals surface area contributed by atoms with Crippen LogP contribution >= 0.6 is 0 Å². The van der Waals surface area contributed by atoms with E-state index in [1.165, 1.54) is 5.56 Å². The summed E-state index contributed by atoms with van der Waals surface area (Å²) in [5, 5.41) is 9.06. The van der Waals surface area contributed by atoms with E-state index in [9.17, 15) is 4.79 Å². The van der Waals surface area contributed by atoms with Crippen LogP contribution < -0.4 is 0 Å². The number of pyridine rings is 1. The second-order valence-corrected chi connectivity index (χ2v) is 5.24. The van der Waals surface area contributed by atoms with Crippen LogP contribution in [-0.4, -0.2) is 46.3 Å². The van der Waals surface area contributed by atoms with E-state index in [0.717, 1.165) is 17.9 Å². The maximum atomic E-state index is 11.0. The van der Waals surface area contributed by atoms with Crippen molar-refractivity contribution < 1.29 is 14.6 Å². The van der Waals surface area contributed by atoms with E-state index < -0.39 is 12.1 Å². The third-order valence-electron chi connectivity index (χ3n) is 3.15. The summed E-state index contributed by atoms with van der Waals surface area (Å²) in [5.41, 5.74) is 3.15. The zero-order valence-electron chi connectivity index (χ0n) is 11.6. The largest absolute Gasteiger partial charge is 0.479 e. The SMILES string of the molecule is Cc1cc(C)nc(CN2C[C@@H](C)O[C@H](C(=O)O)C2)c1. The fraction of sp³-hybridized carbons (Fsp3) is 0.571. The maximum absolute atomic E-state index is 11.0. The number of carboxylic acids is 1. The highest BCUT2D eigenvalue weighted by atomic mass is 16.5. The molecule has 1 aromatic rings. The number of ether oxygens (including phenoxy) is 1. The predicted octanol–water partition coefficient (Wildman–Crippen LogP) is 1.37. The van der Waals surface area contributed by atoms with Crippen LogP contribution in [0.3, 0.4) is 0 Å². The second kappa shape index (κ2) is 5.67. The van der Waals surface area contributed by atoms with Crippen molar-refractivity contribution in [1.29, 1.82) is 0 Å². The maximum Gasteiger partial charge on any atom is 0.334 e. The van der Waals surface area contributed by atoms with E-state index in [4.69, 9.17) is 9.84 Å². The van der Waals surface area contributed by atoms with E-state index in [2.05, 4.69) is 9.88 Å². The Morgan fingerprint density at radius 2 is 2.21 bits per heavy atom. The first-order valence-electron chi connectivity index (χ1n) is 6.49. The smallest absolute Gasteiger partial charge is 0.334 e. The normalized spacial score (nSPS) is 24.4. The first kappa shape index (κ1) is 14.0. The van der Waals surface area contributed by atoms with E-state index in [1.807, 2.05) is 32.9 Å². The van der Waals surface area contributed by atoms with Gasteiger partial charge in [0.15, 0.2) is 6.10 Å². The fourth-order valence-electron chi connectivity index (χ4n) is 2.54. The average Bonchev–Trinajstić information content (AvgIpc) is 2.26. The molecule has 0 unspecified atom stereocenters. The lowest BCUT2D eigenvalue weighted by Gasteiger charge is -2.34. The van der Waals surface area contributed by atoms with Gasteiger partial charge in [-0.2, -0.15) is 0 Å². The third-order valence-corrected chi connectivity index (χ3v) is 3.15. The zero-order valence-corrected chi connectivity index (χ0v) is 11.6. The Balaban J connectivity index is 2.07. The van der Waals surface area contributed by atoms with Crippen LogP contribution in [0.15, 0.2) is 12.1 Å². The summed E-state index contributed by atoms with van der Waals surface area (Å²) in [7, 11) is 0. The predicted molar refractivity (Wildman–Crippen MR) is 71.0 cm³/mol. The molecule has 0 aromatic carbocycles. The van der Waals surface area contributed by atoms with Gasteiger partial charge in [0.2, 0.25) is 0 Å². The van der Waals surface area contributed by atoms with Crippen LogP contribution in [0.5, 0.6) is 0 Å². The first-order chi connectivity index (χ1) is 8.94. The fourth-order valence-corrected chi connectivity index (χ4v) is 2.54. The minimum absolute atomic E-state index is 0.0687. The van der Waals surface area contributed by atoms with Gasteiger partial charge < -0.3 is 9.84 Å². The number of aliphatic carboxylic acids is 1. The Bertz CT molecular complexity index is 456. The molecule has 1 aromatic heterocycles. The minimum Gasteiger partial charge on any atom is -0.479 e. The summed E-state index contributed by atoms with van der Waals surface area (Å²) in [6.07, 6.45) is -0.810. The number of rotatable bonds is 3. The molecule has 2 heterocycles. The number of hydrogen-bond acceptors (Lipinski definition) is 4. The molecule has 104 valence electrons. The van der Waals surface area contributed by atoms with Crippen molar-refractivity contribution in [3.05, 3.63) is 29.1 Å². The standard InChI is InChI=1S/C14H20N2O3/c1-9-4-10(2)15-12(5-9)7-16-6-11(3)19-13(8-16)14(17)18/h4-5,11,13H,6-8H2,1-3H3,(H,17,18)/t11-,13+/m1/s1. The number of aryl methyl sites for hydroxylation is 2. The van der Waals surface area contributed by atoms with Crippen molar-refractivity contribution in [1.82, 2.24) is 9.88 Å². The summed E-state index contributed by atoms with van der Waals surface area (Å²) in [5.74, 6) is -0.898. The Hall–Kier alpha value is -1.46. The summed E-state index contributed by atoms with van der Waals surface area (Å²) in [6, 6.07) is 4.08. The molecule has 1 saturated heterocycles. The molecule has 0 saturated carbocycles. The highest BCUT2D eigenvalue weighted by Crippen LogP contribution is 2.15. The molecule has 1 fully saturated rings. The quantitative estimate of drug-likeness (QED) is 0.893. The molecule has 19 heavy (non-hydrogen) atoms. The summed E-state index contributed by atoms with van der Waals surface area (Å²) in [4.78, 5) is 17.6. The van der Waals surface area contributed by atoms with E-state index in [-0.39, 0.29) is 6.10 Å². The van der Waals surface area contributed by atoms with Gasteiger partial charge in [0.25, 0.3) is 0 Å². The van der Waals surface area contributed by atoms with E-state index in [0.29, 0.717) is 13.1 Å². The van der Waals surface area contributed by atoms with Crippen LogP contribution in [0, 0.1) is 13.8 Å². The zero-order chi connectivity index (χ0) is 14.0. The molecule has 1 aliphatic rings. The number of nitrogens with zero attached hydrogens (tertiary/aromatic N) is 2. The highest BCUT2D eigenvalue weighted by Gasteiger charge is 2.30. The Labute approximate surface area is 113 Å². The summed E-state index contributed by atoms with van der Waals surface area (Å²) >= 11 is 0. The van der Waals surface area contributed by atoms with Gasteiger partial charge >= 0.3 is 5.97 Å². The van der Waals surface area contributed by atoms with Gasteiger partial charge in [0, 0.05) is 25.3 Å². The molecule has 2 rings (SSSR count). The number of carbonyl (C=O) groups is 1. The molecule has 5 nitrogen and oxygen atoms in total. The van der Waals surface area contributed by atoms with Crippen LogP contribution in [0.1, 0.15) is 23.9 Å². The third kappa shape index (κ3) is 3.75. The van der Waals surface area contributed by atoms with Crippen molar-refractivity contribution >= 4 is 5.97 Å². The number of carboxylic acid groups (broad SMARTS) is 1. The highest BCUT2D eigenvalue weighted by molar-refractivity contribution is 5.72. The van der Waals surface area contributed by atoms with Crippen molar-refractivity contribution in [2.75, 3.05) is 13.1 Å². The van der Waals surface area contributed by atoms with Crippen LogP contribution in [-0.2, 0) is 16.1 Å². The van der Waals surface area contributed by atoms with Gasteiger partial charge in [-0.05, 0) is 38.5 Å². The lowest BCUT2D eigenvalue weighted by Crippen LogP contribution is -2.49.